The van der Waals surface area contributed by atoms with Crippen molar-refractivity contribution in [2.45, 2.75) is 6.92 Å². The van der Waals surface area contributed by atoms with Crippen LogP contribution < -0.4 is 11.1 Å². The molecule has 2 aromatic rings. The molecule has 21 heavy (non-hydrogen) atoms. The van der Waals surface area contributed by atoms with Gasteiger partial charge in [-0.2, -0.15) is 0 Å². The van der Waals surface area contributed by atoms with Crippen LogP contribution in [0, 0.1) is 22.9 Å². The molecular weight excluding hydrogens is 277 g/mol. The van der Waals surface area contributed by atoms with Gasteiger partial charge in [-0.15, -0.1) is 0 Å². The van der Waals surface area contributed by atoms with Gasteiger partial charge in [-0.05, 0) is 30.7 Å². The third-order valence-electron chi connectivity index (χ3n) is 3.05. The van der Waals surface area contributed by atoms with E-state index in [2.05, 4.69) is 5.32 Å². The summed E-state index contributed by atoms with van der Waals surface area (Å²) in [6.07, 6.45) is 0. The predicted molar refractivity (Wildman–Crippen MR) is 76.6 cm³/mol. The molecule has 7 heteroatoms. The van der Waals surface area contributed by atoms with Crippen LogP contribution in [0.4, 0.5) is 21.5 Å². The van der Waals surface area contributed by atoms with Crippen LogP contribution >= 0.6 is 0 Å². The normalized spacial score (nSPS) is 10.2. The summed E-state index contributed by atoms with van der Waals surface area (Å²) < 4.78 is 13.7. The van der Waals surface area contributed by atoms with E-state index in [1.807, 2.05) is 0 Å². The van der Waals surface area contributed by atoms with Crippen LogP contribution in [0.25, 0.3) is 0 Å². The molecule has 0 bridgehead atoms. The standard InChI is InChI=1S/C14H12FN3O3/c1-8-9(4-2-6-11(8)16)14(19)17-13-10(15)5-3-7-12(13)18(20)21/h2-7H,16H2,1H3,(H,17,19). The summed E-state index contributed by atoms with van der Waals surface area (Å²) in [5, 5.41) is 13.1. The topological polar surface area (TPSA) is 98.3 Å². The molecule has 0 saturated carbocycles. The van der Waals surface area contributed by atoms with Crippen molar-refractivity contribution in [2.75, 3.05) is 11.1 Å². The summed E-state index contributed by atoms with van der Waals surface area (Å²) in [6, 6.07) is 8.06. The van der Waals surface area contributed by atoms with E-state index in [4.69, 9.17) is 5.73 Å². The number of halogens is 1. The van der Waals surface area contributed by atoms with E-state index in [1.54, 1.807) is 19.1 Å². The lowest BCUT2D eigenvalue weighted by Gasteiger charge is -2.10. The smallest absolute Gasteiger partial charge is 0.295 e. The van der Waals surface area contributed by atoms with Gasteiger partial charge in [-0.3, -0.25) is 14.9 Å². The number of carbonyl (C=O) groups excluding carboxylic acids is 1. The fourth-order valence-corrected chi connectivity index (χ4v) is 1.87. The number of hydrogen-bond acceptors (Lipinski definition) is 4. The van der Waals surface area contributed by atoms with E-state index in [-0.39, 0.29) is 5.56 Å². The molecule has 3 N–H and O–H groups in total. The highest BCUT2D eigenvalue weighted by Crippen LogP contribution is 2.28. The first-order chi connectivity index (χ1) is 9.91. The third-order valence-corrected chi connectivity index (χ3v) is 3.05. The van der Waals surface area contributed by atoms with Crippen LogP contribution in [0.5, 0.6) is 0 Å². The van der Waals surface area contributed by atoms with Crippen LogP contribution in [0.1, 0.15) is 15.9 Å². The van der Waals surface area contributed by atoms with Crippen molar-refractivity contribution < 1.29 is 14.1 Å². The van der Waals surface area contributed by atoms with Crippen LogP contribution in [0.15, 0.2) is 36.4 Å². The maximum Gasteiger partial charge on any atom is 0.295 e. The second-order valence-corrected chi connectivity index (χ2v) is 4.36. The van der Waals surface area contributed by atoms with Crippen LogP contribution in [-0.4, -0.2) is 10.8 Å². The largest absolute Gasteiger partial charge is 0.398 e. The zero-order valence-electron chi connectivity index (χ0n) is 11.1. The average Bonchev–Trinajstić information content (AvgIpc) is 2.43. The molecule has 108 valence electrons. The number of carbonyl (C=O) groups is 1. The zero-order valence-corrected chi connectivity index (χ0v) is 11.1. The van der Waals surface area contributed by atoms with E-state index in [0.717, 1.165) is 12.1 Å². The van der Waals surface area contributed by atoms with Crippen molar-refractivity contribution >= 4 is 23.0 Å². The molecule has 0 saturated heterocycles. The highest BCUT2D eigenvalue weighted by Gasteiger charge is 2.21. The molecule has 0 aliphatic carbocycles. The molecule has 2 aromatic carbocycles. The minimum absolute atomic E-state index is 0.229. The number of benzene rings is 2. The summed E-state index contributed by atoms with van der Waals surface area (Å²) in [5.74, 6) is -1.54. The van der Waals surface area contributed by atoms with E-state index in [0.29, 0.717) is 11.3 Å². The van der Waals surface area contributed by atoms with Gasteiger partial charge in [0.1, 0.15) is 0 Å². The molecule has 0 heterocycles. The minimum atomic E-state index is -0.876. The van der Waals surface area contributed by atoms with E-state index in [9.17, 15) is 19.3 Å². The molecule has 1 amide bonds. The summed E-state index contributed by atoms with van der Waals surface area (Å²) in [5.41, 5.74) is 5.88. The van der Waals surface area contributed by atoms with Gasteiger partial charge >= 0.3 is 0 Å². The SMILES string of the molecule is Cc1c(N)cccc1C(=O)Nc1c(F)cccc1[N+](=O)[O-]. The summed E-state index contributed by atoms with van der Waals surface area (Å²) in [4.78, 5) is 22.3. The van der Waals surface area contributed by atoms with Gasteiger partial charge in [0.2, 0.25) is 0 Å². The number of nitrogens with zero attached hydrogens (tertiary/aromatic N) is 1. The number of amides is 1. The molecule has 0 atom stereocenters. The van der Waals surface area contributed by atoms with Crippen molar-refractivity contribution in [3.63, 3.8) is 0 Å². The van der Waals surface area contributed by atoms with Crippen LogP contribution in [-0.2, 0) is 0 Å². The Bertz CT molecular complexity index is 731. The minimum Gasteiger partial charge on any atom is -0.398 e. The lowest BCUT2D eigenvalue weighted by Crippen LogP contribution is -2.16. The lowest BCUT2D eigenvalue weighted by atomic mass is 10.1. The Balaban J connectivity index is 2.41. The molecule has 0 aliphatic rings. The number of nitro benzene ring substituents is 1. The highest BCUT2D eigenvalue weighted by atomic mass is 19.1. The number of nitrogen functional groups attached to an aromatic ring is 1. The molecule has 0 aromatic heterocycles. The first-order valence-electron chi connectivity index (χ1n) is 6.01. The zero-order chi connectivity index (χ0) is 15.6. The Hall–Kier alpha value is -2.96. The van der Waals surface area contributed by atoms with Gasteiger partial charge in [0.05, 0.1) is 4.92 Å². The Morgan fingerprint density at radius 1 is 1.29 bits per heavy atom. The number of nitrogens with one attached hydrogen (secondary N) is 1. The van der Waals surface area contributed by atoms with E-state index >= 15 is 0 Å². The van der Waals surface area contributed by atoms with Crippen molar-refractivity contribution in [3.05, 3.63) is 63.5 Å². The maximum absolute atomic E-state index is 13.7. The summed E-state index contributed by atoms with van der Waals surface area (Å²) >= 11 is 0. The molecule has 0 unspecified atom stereocenters. The molecular formula is C14H12FN3O3. The monoisotopic (exact) mass is 289 g/mol. The maximum atomic E-state index is 13.7. The number of para-hydroxylation sites is 1. The van der Waals surface area contributed by atoms with Crippen LogP contribution in [0.2, 0.25) is 0 Å². The second-order valence-electron chi connectivity index (χ2n) is 4.36. The third kappa shape index (κ3) is 2.81. The fraction of sp³-hybridized carbons (Fsp3) is 0.0714. The fourth-order valence-electron chi connectivity index (χ4n) is 1.87. The van der Waals surface area contributed by atoms with Gasteiger partial charge in [0.15, 0.2) is 11.5 Å². The molecule has 0 fully saturated rings. The van der Waals surface area contributed by atoms with Crippen molar-refractivity contribution in [1.29, 1.82) is 0 Å². The Kier molecular flexibility index (Phi) is 3.84. The molecule has 6 nitrogen and oxygen atoms in total. The highest BCUT2D eigenvalue weighted by molar-refractivity contribution is 6.07. The Morgan fingerprint density at radius 3 is 2.62 bits per heavy atom. The van der Waals surface area contributed by atoms with Crippen molar-refractivity contribution in [3.8, 4) is 0 Å². The van der Waals surface area contributed by atoms with Gasteiger partial charge in [-0.25, -0.2) is 4.39 Å². The average molecular weight is 289 g/mol. The molecule has 0 spiro atoms. The predicted octanol–water partition coefficient (Wildman–Crippen LogP) is 2.88. The van der Waals surface area contributed by atoms with Gasteiger partial charge in [-0.1, -0.05) is 12.1 Å². The number of nitro groups is 1. The van der Waals surface area contributed by atoms with Crippen molar-refractivity contribution in [1.82, 2.24) is 0 Å². The first-order valence-corrected chi connectivity index (χ1v) is 6.01. The number of anilines is 2. The number of hydrogen-bond donors (Lipinski definition) is 2. The first kappa shape index (κ1) is 14.4. The number of rotatable bonds is 3. The van der Waals surface area contributed by atoms with Gasteiger partial charge in [0.25, 0.3) is 11.6 Å². The summed E-state index contributed by atoms with van der Waals surface area (Å²) in [7, 11) is 0. The van der Waals surface area contributed by atoms with Gasteiger partial charge in [0, 0.05) is 17.3 Å². The van der Waals surface area contributed by atoms with Crippen molar-refractivity contribution in [2.24, 2.45) is 0 Å². The van der Waals surface area contributed by atoms with Gasteiger partial charge < -0.3 is 11.1 Å². The molecule has 0 radical (unpaired) electrons. The Morgan fingerprint density at radius 2 is 1.95 bits per heavy atom. The molecule has 0 aliphatic heterocycles. The second kappa shape index (κ2) is 5.58. The van der Waals surface area contributed by atoms with E-state index in [1.165, 1.54) is 12.1 Å². The quantitative estimate of drug-likeness (QED) is 0.515. The lowest BCUT2D eigenvalue weighted by molar-refractivity contribution is -0.384. The summed E-state index contributed by atoms with van der Waals surface area (Å²) in [6.45, 7) is 1.64. The number of nitrogens with two attached hydrogens (primary N) is 1. The molecule has 2 rings (SSSR count). The Labute approximate surface area is 119 Å². The van der Waals surface area contributed by atoms with Crippen LogP contribution in [0.3, 0.4) is 0 Å². The van der Waals surface area contributed by atoms with E-state index < -0.39 is 28.0 Å².